The van der Waals surface area contributed by atoms with Crippen LogP contribution in [0.2, 0.25) is 0 Å². The van der Waals surface area contributed by atoms with E-state index in [0.29, 0.717) is 22.7 Å². The summed E-state index contributed by atoms with van der Waals surface area (Å²) in [4.78, 5) is 27.1. The molecular formula is C22H19N3O4. The molecule has 2 fully saturated rings. The number of amidine groups is 1. The Morgan fingerprint density at radius 3 is 1.97 bits per heavy atom. The highest BCUT2D eigenvalue weighted by atomic mass is 16.5. The summed E-state index contributed by atoms with van der Waals surface area (Å²) in [6.07, 6.45) is 5.09. The number of oxime groups is 1. The van der Waals surface area contributed by atoms with Crippen molar-refractivity contribution in [3.8, 4) is 11.5 Å². The normalized spacial score (nSPS) is 27.6. The Balaban J connectivity index is 1.32. The fourth-order valence-electron chi connectivity index (χ4n) is 4.71. The van der Waals surface area contributed by atoms with Crippen molar-refractivity contribution in [3.63, 3.8) is 0 Å². The lowest BCUT2D eigenvalue weighted by molar-refractivity contribution is -0.123. The molecule has 2 amide bonds. The van der Waals surface area contributed by atoms with Crippen molar-refractivity contribution in [2.75, 3.05) is 4.90 Å². The smallest absolute Gasteiger partial charge is 0.238 e. The first-order valence-electron chi connectivity index (χ1n) is 9.49. The summed E-state index contributed by atoms with van der Waals surface area (Å²) in [7, 11) is 0. The van der Waals surface area contributed by atoms with Gasteiger partial charge in [0.25, 0.3) is 0 Å². The van der Waals surface area contributed by atoms with Crippen LogP contribution in [0.25, 0.3) is 0 Å². The Labute approximate surface area is 167 Å². The van der Waals surface area contributed by atoms with Crippen LogP contribution in [0.3, 0.4) is 0 Å². The Kier molecular flexibility index (Phi) is 3.91. The van der Waals surface area contributed by atoms with Gasteiger partial charge in [-0.25, -0.2) is 0 Å². The second-order valence-corrected chi connectivity index (χ2v) is 7.62. The minimum Gasteiger partial charge on any atom is -0.457 e. The lowest BCUT2D eigenvalue weighted by Gasteiger charge is -2.17. The van der Waals surface area contributed by atoms with Gasteiger partial charge in [-0.2, -0.15) is 0 Å². The van der Waals surface area contributed by atoms with E-state index in [4.69, 9.17) is 15.7 Å². The number of rotatable bonds is 4. The van der Waals surface area contributed by atoms with E-state index in [1.54, 1.807) is 48.5 Å². The van der Waals surface area contributed by atoms with Gasteiger partial charge in [-0.15, -0.1) is 0 Å². The van der Waals surface area contributed by atoms with Crippen molar-refractivity contribution in [1.82, 2.24) is 0 Å². The van der Waals surface area contributed by atoms with E-state index in [1.807, 2.05) is 0 Å². The SMILES string of the molecule is N/C(=N/O)c1ccc(Oc2ccc(N3C(=O)[C@@H]4[C@@H](C3=O)[C@@H]3C=C[C@@H]4C3)cc2)cc1. The zero-order chi connectivity index (χ0) is 20.1. The van der Waals surface area contributed by atoms with Gasteiger partial charge in [0.05, 0.1) is 17.5 Å². The predicted octanol–water partition coefficient (Wildman–Crippen LogP) is 2.88. The van der Waals surface area contributed by atoms with Crippen LogP contribution in [0, 0.1) is 23.7 Å². The van der Waals surface area contributed by atoms with Crippen LogP contribution in [0.1, 0.15) is 12.0 Å². The number of hydrogen-bond donors (Lipinski definition) is 2. The van der Waals surface area contributed by atoms with E-state index in [2.05, 4.69) is 17.3 Å². The maximum Gasteiger partial charge on any atom is 0.238 e. The third-order valence-corrected chi connectivity index (χ3v) is 6.06. The molecule has 3 aliphatic rings. The first-order chi connectivity index (χ1) is 14.1. The predicted molar refractivity (Wildman–Crippen MR) is 106 cm³/mol. The molecule has 1 aliphatic heterocycles. The van der Waals surface area contributed by atoms with Crippen LogP contribution in [-0.2, 0) is 9.59 Å². The minimum absolute atomic E-state index is 0.0225. The summed E-state index contributed by atoms with van der Waals surface area (Å²) in [5.41, 5.74) is 6.70. The lowest BCUT2D eigenvalue weighted by Crippen LogP contribution is -2.32. The summed E-state index contributed by atoms with van der Waals surface area (Å²) < 4.78 is 5.80. The number of ether oxygens (including phenoxy) is 1. The number of carbonyl (C=O) groups excluding carboxylic acids is 2. The molecule has 146 valence electrons. The third-order valence-electron chi connectivity index (χ3n) is 6.06. The molecule has 2 aliphatic carbocycles. The first-order valence-corrected chi connectivity index (χ1v) is 9.49. The Morgan fingerprint density at radius 2 is 1.45 bits per heavy atom. The number of nitrogens with zero attached hydrogens (tertiary/aromatic N) is 2. The van der Waals surface area contributed by atoms with E-state index in [0.717, 1.165) is 6.42 Å². The Hall–Kier alpha value is -3.61. The molecule has 29 heavy (non-hydrogen) atoms. The van der Waals surface area contributed by atoms with Gasteiger partial charge in [-0.1, -0.05) is 17.3 Å². The number of fused-ring (bicyclic) bond motifs is 5. The molecule has 3 N–H and O–H groups in total. The van der Waals surface area contributed by atoms with E-state index in [1.165, 1.54) is 4.90 Å². The summed E-state index contributed by atoms with van der Waals surface area (Å²) in [6, 6.07) is 13.7. The van der Waals surface area contributed by atoms with Gasteiger partial charge in [0.2, 0.25) is 11.8 Å². The fourth-order valence-corrected chi connectivity index (χ4v) is 4.71. The number of carbonyl (C=O) groups is 2. The molecule has 7 nitrogen and oxygen atoms in total. The highest BCUT2D eigenvalue weighted by Gasteiger charge is 2.59. The Morgan fingerprint density at radius 1 is 0.931 bits per heavy atom. The molecular weight excluding hydrogens is 370 g/mol. The van der Waals surface area contributed by atoms with Crippen LogP contribution in [0.5, 0.6) is 11.5 Å². The maximum atomic E-state index is 12.9. The summed E-state index contributed by atoms with van der Waals surface area (Å²) in [6.45, 7) is 0. The van der Waals surface area contributed by atoms with E-state index in [9.17, 15) is 9.59 Å². The monoisotopic (exact) mass is 389 g/mol. The van der Waals surface area contributed by atoms with Gasteiger partial charge in [0.15, 0.2) is 5.84 Å². The van der Waals surface area contributed by atoms with Crippen molar-refractivity contribution in [2.24, 2.45) is 34.6 Å². The van der Waals surface area contributed by atoms with Crippen molar-refractivity contribution >= 4 is 23.3 Å². The highest BCUT2D eigenvalue weighted by molar-refractivity contribution is 6.22. The van der Waals surface area contributed by atoms with Crippen LogP contribution in [0.4, 0.5) is 5.69 Å². The second kappa shape index (κ2) is 6.48. The van der Waals surface area contributed by atoms with E-state index >= 15 is 0 Å². The zero-order valence-corrected chi connectivity index (χ0v) is 15.4. The molecule has 0 radical (unpaired) electrons. The zero-order valence-electron chi connectivity index (χ0n) is 15.4. The average molecular weight is 389 g/mol. The van der Waals surface area contributed by atoms with Gasteiger partial charge in [-0.3, -0.25) is 14.5 Å². The van der Waals surface area contributed by atoms with Gasteiger partial charge in [0.1, 0.15) is 11.5 Å². The molecule has 1 heterocycles. The van der Waals surface area contributed by atoms with Crippen molar-refractivity contribution in [3.05, 3.63) is 66.2 Å². The fraction of sp³-hybridized carbons (Fsp3) is 0.227. The molecule has 7 heteroatoms. The largest absolute Gasteiger partial charge is 0.457 e. The van der Waals surface area contributed by atoms with Gasteiger partial charge < -0.3 is 15.7 Å². The third kappa shape index (κ3) is 2.69. The Bertz CT molecular complexity index is 1010. The highest BCUT2D eigenvalue weighted by Crippen LogP contribution is 2.53. The number of hydrogen-bond acceptors (Lipinski definition) is 5. The van der Waals surface area contributed by atoms with Crippen molar-refractivity contribution in [2.45, 2.75) is 6.42 Å². The van der Waals surface area contributed by atoms with Crippen molar-refractivity contribution in [1.29, 1.82) is 0 Å². The maximum absolute atomic E-state index is 12.9. The molecule has 4 atom stereocenters. The van der Waals surface area contributed by atoms with Crippen LogP contribution >= 0.6 is 0 Å². The summed E-state index contributed by atoms with van der Waals surface area (Å²) in [5.74, 6) is 0.972. The van der Waals surface area contributed by atoms with Gasteiger partial charge in [0, 0.05) is 5.56 Å². The molecule has 1 saturated carbocycles. The van der Waals surface area contributed by atoms with E-state index in [-0.39, 0.29) is 41.3 Å². The van der Waals surface area contributed by atoms with Crippen LogP contribution in [-0.4, -0.2) is 22.9 Å². The second-order valence-electron chi connectivity index (χ2n) is 7.62. The lowest BCUT2D eigenvalue weighted by atomic mass is 9.85. The molecule has 0 spiro atoms. The summed E-state index contributed by atoms with van der Waals surface area (Å²) in [5, 5.41) is 11.7. The van der Waals surface area contributed by atoms with Crippen molar-refractivity contribution < 1.29 is 19.5 Å². The number of amides is 2. The molecule has 2 bridgehead atoms. The quantitative estimate of drug-likeness (QED) is 0.209. The first kappa shape index (κ1) is 17.5. The molecule has 0 unspecified atom stereocenters. The molecule has 5 rings (SSSR count). The number of anilines is 1. The standard InChI is InChI=1S/C22H19N3O4/c23-20(24-28)12-3-7-16(8-4-12)29-17-9-5-15(6-10-17)25-21(26)18-13-1-2-14(11-13)19(18)22(25)27/h1-10,13-14,18-19,28H,11H2,(H2,23,24)/t13-,14-,18+,19+/m1/s1. The van der Waals surface area contributed by atoms with E-state index < -0.39 is 0 Å². The molecule has 0 aromatic heterocycles. The van der Waals surface area contributed by atoms with Gasteiger partial charge >= 0.3 is 0 Å². The number of imide groups is 1. The topological polar surface area (TPSA) is 105 Å². The number of nitrogens with two attached hydrogens (primary N) is 1. The molecule has 1 saturated heterocycles. The summed E-state index contributed by atoms with van der Waals surface area (Å²) >= 11 is 0. The van der Waals surface area contributed by atoms with Crippen LogP contribution < -0.4 is 15.4 Å². The molecule has 2 aromatic carbocycles. The number of benzene rings is 2. The minimum atomic E-state index is -0.207. The van der Waals surface area contributed by atoms with Gasteiger partial charge in [-0.05, 0) is 66.8 Å². The number of allylic oxidation sites excluding steroid dienone is 2. The molecule has 2 aromatic rings. The average Bonchev–Trinajstić information content (AvgIpc) is 3.43. The van der Waals surface area contributed by atoms with Crippen LogP contribution in [0.15, 0.2) is 65.8 Å².